The topological polar surface area (TPSA) is 64.7 Å². The van der Waals surface area contributed by atoms with Crippen LogP contribution in [0.5, 0.6) is 0 Å². The lowest BCUT2D eigenvalue weighted by Gasteiger charge is -2.08. The van der Waals surface area contributed by atoms with Crippen LogP contribution in [0.2, 0.25) is 0 Å². The van der Waals surface area contributed by atoms with Gasteiger partial charge in [0.05, 0.1) is 5.52 Å². The normalized spacial score (nSPS) is 11.1. The van der Waals surface area contributed by atoms with Gasteiger partial charge in [-0.25, -0.2) is 0 Å². The van der Waals surface area contributed by atoms with E-state index in [0.29, 0.717) is 5.13 Å². The van der Waals surface area contributed by atoms with E-state index in [1.165, 1.54) is 16.9 Å². The highest BCUT2D eigenvalue weighted by Crippen LogP contribution is 2.32. The monoisotopic (exact) mass is 270 g/mol. The van der Waals surface area contributed by atoms with Crippen molar-refractivity contribution in [1.29, 1.82) is 0 Å². The molecule has 0 spiro atoms. The first-order chi connectivity index (χ1) is 9.19. The number of fused-ring (bicyclic) bond motifs is 1. The molecular formula is C14H14N4S. The molecule has 0 atom stereocenters. The molecule has 5 heteroatoms. The van der Waals surface area contributed by atoms with Gasteiger partial charge in [-0.1, -0.05) is 36.5 Å². The second-order valence-electron chi connectivity index (χ2n) is 4.42. The van der Waals surface area contributed by atoms with Crippen LogP contribution in [0.4, 0.5) is 5.13 Å². The van der Waals surface area contributed by atoms with Crippen molar-refractivity contribution in [1.82, 2.24) is 15.2 Å². The summed E-state index contributed by atoms with van der Waals surface area (Å²) in [5.41, 5.74) is 10.0. The van der Waals surface area contributed by atoms with E-state index in [1.807, 2.05) is 13.0 Å². The maximum absolute atomic E-state index is 5.68. The molecule has 96 valence electrons. The van der Waals surface area contributed by atoms with Crippen LogP contribution >= 0.6 is 11.3 Å². The Bertz CT molecular complexity index is 748. The predicted molar refractivity (Wildman–Crippen MR) is 79.2 cm³/mol. The van der Waals surface area contributed by atoms with E-state index in [-0.39, 0.29) is 0 Å². The van der Waals surface area contributed by atoms with E-state index in [2.05, 4.69) is 40.3 Å². The average Bonchev–Trinajstić information content (AvgIpc) is 2.83. The number of aromatic nitrogens is 3. The number of hydrogen-bond donors (Lipinski definition) is 1. The van der Waals surface area contributed by atoms with Crippen molar-refractivity contribution in [2.75, 3.05) is 5.73 Å². The third-order valence-electron chi connectivity index (χ3n) is 3.10. The molecule has 0 fully saturated rings. The maximum atomic E-state index is 5.68. The molecule has 0 bridgehead atoms. The lowest BCUT2D eigenvalue weighted by Crippen LogP contribution is -1.92. The molecule has 0 aliphatic heterocycles. The quantitative estimate of drug-likeness (QED) is 0.776. The Balaban J connectivity index is 2.36. The summed E-state index contributed by atoms with van der Waals surface area (Å²) in [6.07, 6.45) is 0.964. The highest BCUT2D eigenvalue weighted by atomic mass is 32.1. The minimum absolute atomic E-state index is 0.490. The predicted octanol–water partition coefficient (Wildman–Crippen LogP) is 3.21. The summed E-state index contributed by atoms with van der Waals surface area (Å²) in [5, 5.41) is 10.5. The number of pyridine rings is 1. The first-order valence-corrected chi connectivity index (χ1v) is 6.99. The number of para-hydroxylation sites is 1. The standard InChI is InChI=1S/C14H14N4S/c1-3-9-5-4-6-10-11(7-8(2)16-12(9)10)13-17-18-14(15)19-13/h4-7H,3H2,1-2H3,(H2,15,18). The van der Waals surface area contributed by atoms with Crippen molar-refractivity contribution in [2.24, 2.45) is 0 Å². The lowest BCUT2D eigenvalue weighted by molar-refractivity contribution is 1.10. The molecule has 0 aliphatic carbocycles. The minimum Gasteiger partial charge on any atom is -0.374 e. The van der Waals surface area contributed by atoms with Crippen molar-refractivity contribution in [2.45, 2.75) is 20.3 Å². The first kappa shape index (κ1) is 12.0. The average molecular weight is 270 g/mol. The molecule has 0 saturated carbocycles. The fourth-order valence-electron chi connectivity index (χ4n) is 2.24. The van der Waals surface area contributed by atoms with Gasteiger partial charge in [-0.05, 0) is 25.0 Å². The Morgan fingerprint density at radius 1 is 1.26 bits per heavy atom. The Kier molecular flexibility index (Phi) is 2.91. The molecule has 0 aliphatic rings. The molecule has 0 saturated heterocycles. The van der Waals surface area contributed by atoms with E-state index in [0.717, 1.165) is 33.6 Å². The van der Waals surface area contributed by atoms with Gasteiger partial charge in [-0.3, -0.25) is 4.98 Å². The van der Waals surface area contributed by atoms with Gasteiger partial charge in [-0.2, -0.15) is 0 Å². The Morgan fingerprint density at radius 3 is 2.79 bits per heavy atom. The number of anilines is 1. The van der Waals surface area contributed by atoms with Gasteiger partial charge in [0.2, 0.25) is 5.13 Å². The Morgan fingerprint density at radius 2 is 2.11 bits per heavy atom. The molecule has 1 aromatic carbocycles. The zero-order valence-corrected chi connectivity index (χ0v) is 11.7. The zero-order chi connectivity index (χ0) is 13.4. The summed E-state index contributed by atoms with van der Waals surface area (Å²) >= 11 is 1.41. The summed E-state index contributed by atoms with van der Waals surface area (Å²) < 4.78 is 0. The van der Waals surface area contributed by atoms with Crippen molar-refractivity contribution < 1.29 is 0 Å². The zero-order valence-electron chi connectivity index (χ0n) is 10.8. The van der Waals surface area contributed by atoms with Gasteiger partial charge in [0, 0.05) is 16.6 Å². The smallest absolute Gasteiger partial charge is 0.203 e. The molecule has 2 N–H and O–H groups in total. The maximum Gasteiger partial charge on any atom is 0.203 e. The fourth-order valence-corrected chi connectivity index (χ4v) is 2.88. The SMILES string of the molecule is CCc1cccc2c(-c3nnc(N)s3)cc(C)nc12. The van der Waals surface area contributed by atoms with Gasteiger partial charge < -0.3 is 5.73 Å². The third-order valence-corrected chi connectivity index (χ3v) is 3.89. The summed E-state index contributed by atoms with van der Waals surface area (Å²) in [4.78, 5) is 4.66. The van der Waals surface area contributed by atoms with Gasteiger partial charge >= 0.3 is 0 Å². The molecule has 3 rings (SSSR count). The highest BCUT2D eigenvalue weighted by molar-refractivity contribution is 7.18. The molecular weight excluding hydrogens is 256 g/mol. The number of nitrogens with two attached hydrogens (primary N) is 1. The number of aryl methyl sites for hydroxylation is 2. The summed E-state index contributed by atoms with van der Waals surface area (Å²) in [5.74, 6) is 0. The highest BCUT2D eigenvalue weighted by Gasteiger charge is 2.12. The van der Waals surface area contributed by atoms with Crippen LogP contribution in [-0.4, -0.2) is 15.2 Å². The van der Waals surface area contributed by atoms with Crippen LogP contribution in [0.25, 0.3) is 21.5 Å². The second-order valence-corrected chi connectivity index (χ2v) is 5.43. The van der Waals surface area contributed by atoms with Crippen LogP contribution in [0.15, 0.2) is 24.3 Å². The van der Waals surface area contributed by atoms with Crippen LogP contribution in [0.3, 0.4) is 0 Å². The molecule has 3 aromatic rings. The molecule has 0 radical (unpaired) electrons. The van der Waals surface area contributed by atoms with Crippen LogP contribution in [0.1, 0.15) is 18.2 Å². The fraction of sp³-hybridized carbons (Fsp3) is 0.214. The summed E-state index contributed by atoms with van der Waals surface area (Å²) in [6.45, 7) is 4.14. The van der Waals surface area contributed by atoms with E-state index in [4.69, 9.17) is 5.73 Å². The van der Waals surface area contributed by atoms with E-state index >= 15 is 0 Å². The van der Waals surface area contributed by atoms with E-state index in [9.17, 15) is 0 Å². The van der Waals surface area contributed by atoms with Gasteiger partial charge in [0.1, 0.15) is 5.01 Å². The number of hydrogen-bond acceptors (Lipinski definition) is 5. The summed E-state index contributed by atoms with van der Waals surface area (Å²) in [6, 6.07) is 8.30. The first-order valence-electron chi connectivity index (χ1n) is 6.17. The Hall–Kier alpha value is -2.01. The van der Waals surface area contributed by atoms with Crippen LogP contribution < -0.4 is 5.73 Å². The largest absolute Gasteiger partial charge is 0.374 e. The van der Waals surface area contributed by atoms with Gasteiger partial charge in [0.15, 0.2) is 0 Å². The number of nitrogen functional groups attached to an aromatic ring is 1. The third kappa shape index (κ3) is 2.06. The van der Waals surface area contributed by atoms with Crippen LogP contribution in [0, 0.1) is 6.92 Å². The molecule has 0 unspecified atom stereocenters. The Labute approximate surface area is 115 Å². The van der Waals surface area contributed by atoms with Crippen molar-refractivity contribution >= 4 is 27.4 Å². The molecule has 2 heterocycles. The molecule has 4 nitrogen and oxygen atoms in total. The van der Waals surface area contributed by atoms with Crippen molar-refractivity contribution in [3.63, 3.8) is 0 Å². The van der Waals surface area contributed by atoms with E-state index < -0.39 is 0 Å². The van der Waals surface area contributed by atoms with Crippen LogP contribution in [-0.2, 0) is 6.42 Å². The number of benzene rings is 1. The molecule has 0 amide bonds. The van der Waals surface area contributed by atoms with E-state index in [1.54, 1.807) is 0 Å². The van der Waals surface area contributed by atoms with Crippen molar-refractivity contribution in [3.05, 3.63) is 35.5 Å². The van der Waals surface area contributed by atoms with Gasteiger partial charge in [-0.15, -0.1) is 10.2 Å². The van der Waals surface area contributed by atoms with Gasteiger partial charge in [0.25, 0.3) is 0 Å². The number of nitrogens with zero attached hydrogens (tertiary/aromatic N) is 3. The molecule has 2 aromatic heterocycles. The second kappa shape index (κ2) is 4.59. The lowest BCUT2D eigenvalue weighted by atomic mass is 10.0. The molecule has 19 heavy (non-hydrogen) atoms. The summed E-state index contributed by atoms with van der Waals surface area (Å²) in [7, 11) is 0. The van der Waals surface area contributed by atoms with Crippen molar-refractivity contribution in [3.8, 4) is 10.6 Å². The number of rotatable bonds is 2. The minimum atomic E-state index is 0.490.